The Bertz CT molecular complexity index is 1200. The maximum atomic E-state index is 13.0. The Hall–Kier alpha value is -3.59. The zero-order valence-corrected chi connectivity index (χ0v) is 19.0. The minimum Gasteiger partial charge on any atom is -0.457 e. The summed E-state index contributed by atoms with van der Waals surface area (Å²) in [5.74, 6) is 0.966. The molecule has 0 saturated heterocycles. The summed E-state index contributed by atoms with van der Waals surface area (Å²) in [6.45, 7) is 2.41. The Morgan fingerprint density at radius 2 is 1.91 bits per heavy atom. The SMILES string of the molecule is CCN=C(N)c1cc(Oc2cccc(CCC(=O)Nc3ccc(Cl)c(C(F)(F)F)c3)c2)ccn1. The predicted octanol–water partition coefficient (Wildman–Crippen LogP) is 5.84. The number of ether oxygens (including phenoxy) is 1. The van der Waals surface area contributed by atoms with E-state index in [1.165, 1.54) is 6.07 Å². The molecule has 1 aromatic heterocycles. The number of hydrogen-bond acceptors (Lipinski definition) is 4. The average Bonchev–Trinajstić information content (AvgIpc) is 2.79. The van der Waals surface area contributed by atoms with Crippen LogP contribution in [0.2, 0.25) is 5.02 Å². The van der Waals surface area contributed by atoms with Crippen molar-refractivity contribution < 1.29 is 22.7 Å². The maximum absolute atomic E-state index is 13.0. The number of anilines is 1. The molecule has 3 N–H and O–H groups in total. The van der Waals surface area contributed by atoms with Crippen LogP contribution in [0.3, 0.4) is 0 Å². The number of amides is 1. The fourth-order valence-electron chi connectivity index (χ4n) is 3.07. The van der Waals surface area contributed by atoms with Crippen LogP contribution >= 0.6 is 11.6 Å². The quantitative estimate of drug-likeness (QED) is 0.306. The molecule has 3 rings (SSSR count). The molecule has 0 bridgehead atoms. The van der Waals surface area contributed by atoms with Crippen LogP contribution in [0.15, 0.2) is 65.8 Å². The van der Waals surface area contributed by atoms with Gasteiger partial charge < -0.3 is 15.8 Å². The van der Waals surface area contributed by atoms with Gasteiger partial charge in [-0.1, -0.05) is 23.7 Å². The van der Waals surface area contributed by atoms with Gasteiger partial charge in [-0.05, 0) is 55.3 Å². The van der Waals surface area contributed by atoms with Gasteiger partial charge in [0, 0.05) is 30.9 Å². The second-order valence-corrected chi connectivity index (χ2v) is 7.63. The number of aryl methyl sites for hydroxylation is 1. The maximum Gasteiger partial charge on any atom is 0.417 e. The minimum atomic E-state index is -4.61. The number of amidine groups is 1. The van der Waals surface area contributed by atoms with Gasteiger partial charge in [0.15, 0.2) is 0 Å². The summed E-state index contributed by atoms with van der Waals surface area (Å²) < 4.78 is 44.9. The number of halogens is 4. The molecule has 178 valence electrons. The third-order valence-corrected chi connectivity index (χ3v) is 4.98. The fourth-order valence-corrected chi connectivity index (χ4v) is 3.29. The van der Waals surface area contributed by atoms with Gasteiger partial charge in [-0.3, -0.25) is 14.8 Å². The number of rotatable bonds is 8. The Morgan fingerprint density at radius 1 is 1.15 bits per heavy atom. The molecule has 0 unspecified atom stereocenters. The molecular formula is C24H22ClF3N4O2. The lowest BCUT2D eigenvalue weighted by molar-refractivity contribution is -0.137. The number of carbonyl (C=O) groups is 1. The highest BCUT2D eigenvalue weighted by Crippen LogP contribution is 2.36. The van der Waals surface area contributed by atoms with Crippen molar-refractivity contribution in [3.63, 3.8) is 0 Å². The van der Waals surface area contributed by atoms with Gasteiger partial charge in [0.25, 0.3) is 0 Å². The fraction of sp³-hybridized carbons (Fsp3) is 0.208. The second kappa shape index (κ2) is 11.0. The van der Waals surface area contributed by atoms with Gasteiger partial charge in [-0.15, -0.1) is 0 Å². The number of carbonyl (C=O) groups excluding carboxylic acids is 1. The molecule has 1 amide bonds. The summed E-state index contributed by atoms with van der Waals surface area (Å²) in [5.41, 5.74) is 6.23. The van der Waals surface area contributed by atoms with Crippen LogP contribution in [0, 0.1) is 0 Å². The summed E-state index contributed by atoms with van der Waals surface area (Å²) in [6, 6.07) is 13.8. The third-order valence-electron chi connectivity index (χ3n) is 4.65. The largest absolute Gasteiger partial charge is 0.457 e. The van der Waals surface area contributed by atoms with E-state index in [1.807, 2.05) is 13.0 Å². The zero-order chi connectivity index (χ0) is 24.7. The number of aromatic nitrogens is 1. The van der Waals surface area contributed by atoms with Gasteiger partial charge >= 0.3 is 6.18 Å². The molecule has 0 fully saturated rings. The van der Waals surface area contributed by atoms with Crippen LogP contribution < -0.4 is 15.8 Å². The van der Waals surface area contributed by atoms with E-state index in [9.17, 15) is 18.0 Å². The van der Waals surface area contributed by atoms with Crippen LogP contribution in [-0.2, 0) is 17.4 Å². The lowest BCUT2D eigenvalue weighted by atomic mass is 10.1. The van der Waals surface area contributed by atoms with Gasteiger partial charge in [0.1, 0.15) is 23.0 Å². The molecule has 3 aromatic rings. The van der Waals surface area contributed by atoms with E-state index >= 15 is 0 Å². The summed E-state index contributed by atoms with van der Waals surface area (Å²) >= 11 is 5.61. The van der Waals surface area contributed by atoms with Crippen LogP contribution in [0.4, 0.5) is 18.9 Å². The van der Waals surface area contributed by atoms with Crippen molar-refractivity contribution in [1.82, 2.24) is 4.98 Å². The Labute approximate surface area is 199 Å². The Morgan fingerprint density at radius 3 is 2.65 bits per heavy atom. The first kappa shape index (κ1) is 25.0. The molecule has 1 heterocycles. The molecule has 0 spiro atoms. The lowest BCUT2D eigenvalue weighted by Gasteiger charge is -2.12. The van der Waals surface area contributed by atoms with E-state index in [2.05, 4.69) is 15.3 Å². The second-order valence-electron chi connectivity index (χ2n) is 7.23. The summed E-state index contributed by atoms with van der Waals surface area (Å²) in [7, 11) is 0. The van der Waals surface area contributed by atoms with Crippen molar-refractivity contribution in [2.45, 2.75) is 25.9 Å². The van der Waals surface area contributed by atoms with E-state index in [0.29, 0.717) is 36.0 Å². The molecule has 0 atom stereocenters. The van der Waals surface area contributed by atoms with Crippen LogP contribution in [0.25, 0.3) is 0 Å². The normalized spacial score (nSPS) is 11.9. The van der Waals surface area contributed by atoms with Crippen molar-refractivity contribution in [1.29, 1.82) is 0 Å². The third kappa shape index (κ3) is 6.95. The number of aliphatic imine (C=N–C) groups is 1. The topological polar surface area (TPSA) is 89.6 Å². The van der Waals surface area contributed by atoms with Gasteiger partial charge in [-0.2, -0.15) is 13.2 Å². The highest BCUT2D eigenvalue weighted by Gasteiger charge is 2.33. The van der Waals surface area contributed by atoms with Crippen molar-refractivity contribution in [3.05, 3.63) is 82.6 Å². The molecule has 6 nitrogen and oxygen atoms in total. The number of hydrogen-bond donors (Lipinski definition) is 2. The smallest absolute Gasteiger partial charge is 0.417 e. The summed E-state index contributed by atoms with van der Waals surface area (Å²) in [6.07, 6.45) is -2.61. The molecule has 2 aromatic carbocycles. The summed E-state index contributed by atoms with van der Waals surface area (Å²) in [4.78, 5) is 20.6. The monoisotopic (exact) mass is 490 g/mol. The highest BCUT2D eigenvalue weighted by molar-refractivity contribution is 6.31. The van der Waals surface area contributed by atoms with E-state index in [0.717, 1.165) is 17.7 Å². The molecule has 0 aliphatic carbocycles. The molecule has 0 saturated carbocycles. The molecular weight excluding hydrogens is 469 g/mol. The first-order chi connectivity index (χ1) is 16.2. The number of benzene rings is 2. The minimum absolute atomic E-state index is 0.0261. The molecule has 34 heavy (non-hydrogen) atoms. The van der Waals surface area contributed by atoms with Crippen molar-refractivity contribution in [3.8, 4) is 11.5 Å². The standard InChI is InChI=1S/C24H22ClF3N4O2/c1-2-30-23(29)21-14-18(10-11-31-21)34-17-5-3-4-15(12-17)6-9-22(33)32-16-7-8-20(25)19(13-16)24(26,27)28/h3-5,7-8,10-14H,2,6,9H2,1H3,(H2,29,30)(H,32,33). The summed E-state index contributed by atoms with van der Waals surface area (Å²) in [5, 5.41) is 2.05. The van der Waals surface area contributed by atoms with Crippen molar-refractivity contribution in [2.75, 3.05) is 11.9 Å². The van der Waals surface area contributed by atoms with Gasteiger partial charge in [-0.25, -0.2) is 0 Å². The molecule has 0 aliphatic rings. The first-order valence-electron chi connectivity index (χ1n) is 10.4. The number of alkyl halides is 3. The molecule has 0 aliphatic heterocycles. The number of pyridine rings is 1. The molecule has 0 radical (unpaired) electrons. The zero-order valence-electron chi connectivity index (χ0n) is 18.2. The van der Waals surface area contributed by atoms with Crippen molar-refractivity contribution >= 4 is 29.0 Å². The average molecular weight is 491 g/mol. The highest BCUT2D eigenvalue weighted by atomic mass is 35.5. The van der Waals surface area contributed by atoms with Gasteiger partial charge in [0.05, 0.1) is 10.6 Å². The number of nitrogens with one attached hydrogen (secondary N) is 1. The molecule has 10 heteroatoms. The van der Waals surface area contributed by atoms with E-state index in [1.54, 1.807) is 36.5 Å². The van der Waals surface area contributed by atoms with E-state index in [4.69, 9.17) is 22.1 Å². The van der Waals surface area contributed by atoms with Crippen molar-refractivity contribution in [2.24, 2.45) is 10.7 Å². The Kier molecular flexibility index (Phi) is 8.12. The predicted molar refractivity (Wildman–Crippen MR) is 125 cm³/mol. The van der Waals surface area contributed by atoms with E-state index in [-0.39, 0.29) is 12.1 Å². The number of nitrogens with zero attached hydrogens (tertiary/aromatic N) is 2. The van der Waals surface area contributed by atoms with Gasteiger partial charge in [0.2, 0.25) is 5.91 Å². The Balaban J connectivity index is 1.62. The lowest BCUT2D eigenvalue weighted by Crippen LogP contribution is -2.15. The van der Waals surface area contributed by atoms with Crippen LogP contribution in [0.5, 0.6) is 11.5 Å². The van der Waals surface area contributed by atoms with Crippen LogP contribution in [0.1, 0.15) is 30.2 Å². The van der Waals surface area contributed by atoms with E-state index < -0.39 is 22.7 Å². The first-order valence-corrected chi connectivity index (χ1v) is 10.7. The number of nitrogens with two attached hydrogens (primary N) is 1. The van der Waals surface area contributed by atoms with Crippen LogP contribution in [-0.4, -0.2) is 23.3 Å².